The van der Waals surface area contributed by atoms with Gasteiger partial charge in [-0.1, -0.05) is 38.1 Å². The van der Waals surface area contributed by atoms with Crippen molar-refractivity contribution in [3.63, 3.8) is 0 Å². The molecule has 0 heterocycles. The minimum absolute atomic E-state index is 0.0885. The summed E-state index contributed by atoms with van der Waals surface area (Å²) in [5.74, 6) is 0. The molecule has 0 radical (unpaired) electrons. The Bertz CT molecular complexity index is 465. The van der Waals surface area contributed by atoms with Gasteiger partial charge in [-0.25, -0.2) is 0 Å². The number of rotatable bonds is 2. The summed E-state index contributed by atoms with van der Waals surface area (Å²) in [4.78, 5) is 0. The van der Waals surface area contributed by atoms with E-state index < -0.39 is 24.5 Å². The van der Waals surface area contributed by atoms with Gasteiger partial charge in [0.2, 0.25) is 0 Å². The molecule has 0 unspecified atom stereocenters. The zero-order valence-electron chi connectivity index (χ0n) is 14.0. The van der Waals surface area contributed by atoms with Gasteiger partial charge in [-0.3, -0.25) is 0 Å². The number of hydrogen-bond acceptors (Lipinski definition) is 0. The van der Waals surface area contributed by atoms with Crippen LogP contribution in [0.1, 0.15) is 46.0 Å². The lowest BCUT2D eigenvalue weighted by molar-refractivity contribution is 0.280. The van der Waals surface area contributed by atoms with E-state index in [0.29, 0.717) is 0 Å². The predicted octanol–water partition coefficient (Wildman–Crippen LogP) is 3.59. The van der Waals surface area contributed by atoms with Crippen LogP contribution >= 0.6 is 0 Å². The minimum atomic E-state index is -2.04. The highest BCUT2D eigenvalue weighted by Gasteiger charge is 2.33. The summed E-state index contributed by atoms with van der Waals surface area (Å²) in [7, 11) is 0. The van der Waals surface area contributed by atoms with Gasteiger partial charge in [0.15, 0.2) is 0 Å². The summed E-state index contributed by atoms with van der Waals surface area (Å²) in [6, 6.07) is 6.47. The molecule has 1 aromatic carbocycles. The molecule has 0 bridgehead atoms. The third kappa shape index (κ3) is 1.39. The molecule has 0 heteroatoms. The highest BCUT2D eigenvalue weighted by atomic mass is 14.4. The molecule has 1 aromatic rings. The molecule has 0 N–H and O–H groups in total. The molecule has 2 rings (SSSR count). The van der Waals surface area contributed by atoms with Gasteiger partial charge in [-0.2, -0.15) is 0 Å². The zero-order valence-corrected chi connectivity index (χ0v) is 8.02. The highest BCUT2D eigenvalue weighted by Crippen LogP contribution is 2.41. The van der Waals surface area contributed by atoms with E-state index in [1.807, 2.05) is 0 Å². The van der Waals surface area contributed by atoms with E-state index in [0.717, 1.165) is 0 Å². The van der Waals surface area contributed by atoms with Crippen LogP contribution in [0.2, 0.25) is 0 Å². The van der Waals surface area contributed by atoms with Crippen molar-refractivity contribution >= 4 is 0 Å². The second kappa shape index (κ2) is 3.17. The predicted molar refractivity (Wildman–Crippen MR) is 56.9 cm³/mol. The Labute approximate surface area is 89.4 Å². The van der Waals surface area contributed by atoms with Crippen LogP contribution in [0.15, 0.2) is 24.3 Å². The third-order valence-electron chi connectivity index (χ3n) is 2.58. The largest absolute Gasteiger partial charge is 0.0648 e. The lowest BCUT2D eigenvalue weighted by Gasteiger charge is -2.25. The summed E-state index contributed by atoms with van der Waals surface area (Å²) in [6.45, 7) is 2.93. The van der Waals surface area contributed by atoms with E-state index in [1.165, 1.54) is 6.92 Å². The Balaban J connectivity index is 2.85. The molecule has 1 aliphatic carbocycles. The van der Waals surface area contributed by atoms with Crippen LogP contribution in [0.25, 0.3) is 0 Å². The first kappa shape index (κ1) is 4.16. The normalized spacial score (nSPS) is 34.3. The van der Waals surface area contributed by atoms with Gasteiger partial charge in [0.05, 0.1) is 0 Å². The van der Waals surface area contributed by atoms with Crippen molar-refractivity contribution in [3.05, 3.63) is 35.4 Å². The molecular formula is C13H18. The molecule has 0 aliphatic heterocycles. The Hall–Kier alpha value is -0.780. The highest BCUT2D eigenvalue weighted by molar-refractivity contribution is 5.34. The van der Waals surface area contributed by atoms with Gasteiger partial charge in [0.25, 0.3) is 0 Å². The van der Waals surface area contributed by atoms with Crippen LogP contribution in [-0.4, -0.2) is 0 Å². The van der Waals surface area contributed by atoms with Gasteiger partial charge in [-0.05, 0) is 42.1 Å². The van der Waals surface area contributed by atoms with E-state index in [4.69, 9.17) is 8.22 Å². The Morgan fingerprint density at radius 2 is 1.85 bits per heavy atom. The standard InChI is InChI=1S/C13H18/c1-3-13(4-2)9-11-7-5-6-8-12(11)10-13/h5-8H,3-4,9-10H2,1-2H3/i3D2,9D2,10D2. The summed E-state index contributed by atoms with van der Waals surface area (Å²) >= 11 is 0. The molecule has 0 nitrogen and oxygen atoms in total. The van der Waals surface area contributed by atoms with Crippen molar-refractivity contribution in [2.45, 2.75) is 39.4 Å². The van der Waals surface area contributed by atoms with Crippen LogP contribution in [0.4, 0.5) is 0 Å². The van der Waals surface area contributed by atoms with Crippen LogP contribution < -0.4 is 0 Å². The maximum Gasteiger partial charge on any atom is 0.0322 e. The Morgan fingerprint density at radius 3 is 2.23 bits per heavy atom. The topological polar surface area (TPSA) is 0 Å². The average Bonchev–Trinajstić information content (AvgIpc) is 2.41. The van der Waals surface area contributed by atoms with Crippen molar-refractivity contribution in [2.24, 2.45) is 5.41 Å². The van der Waals surface area contributed by atoms with E-state index in [9.17, 15) is 0 Å². The molecule has 70 valence electrons. The van der Waals surface area contributed by atoms with Crippen molar-refractivity contribution < 1.29 is 8.22 Å². The van der Waals surface area contributed by atoms with Gasteiger partial charge in [0, 0.05) is 8.22 Å². The second-order valence-electron chi connectivity index (χ2n) is 3.30. The molecule has 0 saturated heterocycles. The lowest BCUT2D eigenvalue weighted by Crippen LogP contribution is -2.18. The zero-order chi connectivity index (χ0) is 14.7. The van der Waals surface area contributed by atoms with Crippen LogP contribution in [0.3, 0.4) is 0 Å². The Kier molecular flexibility index (Phi) is 1.02. The van der Waals surface area contributed by atoms with Gasteiger partial charge in [-0.15, -0.1) is 0 Å². The van der Waals surface area contributed by atoms with Gasteiger partial charge < -0.3 is 0 Å². The first-order valence-corrected chi connectivity index (χ1v) is 4.64. The smallest absolute Gasteiger partial charge is 0.0322 e. The molecule has 0 atom stereocenters. The minimum Gasteiger partial charge on any atom is -0.0648 e. The van der Waals surface area contributed by atoms with Crippen molar-refractivity contribution in [1.82, 2.24) is 0 Å². The fourth-order valence-electron chi connectivity index (χ4n) is 1.67. The summed E-state index contributed by atoms with van der Waals surface area (Å²) in [6.07, 6.45) is -5.97. The third-order valence-corrected chi connectivity index (χ3v) is 2.58. The second-order valence-corrected chi connectivity index (χ2v) is 3.30. The van der Waals surface area contributed by atoms with Gasteiger partial charge >= 0.3 is 0 Å². The van der Waals surface area contributed by atoms with Crippen molar-refractivity contribution in [2.75, 3.05) is 0 Å². The molecule has 0 fully saturated rings. The lowest BCUT2D eigenvalue weighted by atomic mass is 9.80. The quantitative estimate of drug-likeness (QED) is 0.652. The van der Waals surface area contributed by atoms with Crippen LogP contribution in [0, 0.1) is 5.41 Å². The van der Waals surface area contributed by atoms with Crippen molar-refractivity contribution in [3.8, 4) is 0 Å². The SMILES string of the molecule is [2H]C([2H])(C)C1(CC)C([2H])([2H])c2ccccc2C1([2H])[2H]. The molecule has 13 heavy (non-hydrogen) atoms. The van der Waals surface area contributed by atoms with Crippen LogP contribution in [0.5, 0.6) is 0 Å². The molecule has 0 spiro atoms. The van der Waals surface area contributed by atoms with E-state index in [1.54, 1.807) is 31.2 Å². The molecule has 0 saturated carbocycles. The molecule has 0 amide bonds. The van der Waals surface area contributed by atoms with E-state index in [2.05, 4.69) is 0 Å². The number of fused-ring (bicyclic) bond motifs is 1. The van der Waals surface area contributed by atoms with E-state index in [-0.39, 0.29) is 17.5 Å². The maximum absolute atomic E-state index is 8.37. The maximum atomic E-state index is 8.37. The fraction of sp³-hybridized carbons (Fsp3) is 0.538. The number of benzene rings is 1. The van der Waals surface area contributed by atoms with E-state index >= 15 is 0 Å². The summed E-state index contributed by atoms with van der Waals surface area (Å²) in [5, 5.41) is 0. The van der Waals surface area contributed by atoms with Gasteiger partial charge in [0.1, 0.15) is 0 Å². The Morgan fingerprint density at radius 1 is 1.31 bits per heavy atom. The first-order chi connectivity index (χ1) is 8.54. The average molecular weight is 180 g/mol. The molecule has 0 aromatic heterocycles. The van der Waals surface area contributed by atoms with Crippen molar-refractivity contribution in [1.29, 1.82) is 0 Å². The molecule has 1 aliphatic rings. The van der Waals surface area contributed by atoms with Crippen LogP contribution in [-0.2, 0) is 12.7 Å². The summed E-state index contributed by atoms with van der Waals surface area (Å²) in [5.41, 5.74) is -1.18. The monoisotopic (exact) mass is 180 g/mol. The number of hydrogen-bond donors (Lipinski definition) is 0. The first-order valence-electron chi connectivity index (χ1n) is 7.64. The molecular weight excluding hydrogens is 156 g/mol. The summed E-state index contributed by atoms with van der Waals surface area (Å²) < 4.78 is 49.6. The fourth-order valence-corrected chi connectivity index (χ4v) is 1.67.